The van der Waals surface area contributed by atoms with Crippen LogP contribution >= 0.6 is 0 Å². The van der Waals surface area contributed by atoms with E-state index in [-0.39, 0.29) is 13.2 Å². The SMILES string of the molecule is CC(C)(C)CCCCCCCCCCCOC1OC(CO)C(CO)C1O. The number of hydrogen-bond acceptors (Lipinski definition) is 5. The predicted octanol–water partition coefficient (Wildman–Crippen LogP) is 3.64. The highest BCUT2D eigenvalue weighted by Gasteiger charge is 2.43. The first-order chi connectivity index (χ1) is 12.4. The molecule has 4 unspecified atom stereocenters. The molecule has 0 aromatic rings. The first kappa shape index (κ1) is 23.8. The standard InChI is InChI=1S/C21H42O5/c1-21(2,3)13-11-9-7-5-4-6-8-10-12-14-25-20-19(24)17(15-22)18(16-23)26-20/h17-20,22-24H,4-16H2,1-3H3. The molecule has 0 radical (unpaired) electrons. The van der Waals surface area contributed by atoms with Crippen LogP contribution in [0.3, 0.4) is 0 Å². The van der Waals surface area contributed by atoms with Gasteiger partial charge in [-0.3, -0.25) is 0 Å². The maximum atomic E-state index is 10.0. The van der Waals surface area contributed by atoms with Crippen molar-refractivity contribution in [3.63, 3.8) is 0 Å². The molecule has 5 heteroatoms. The van der Waals surface area contributed by atoms with Crippen LogP contribution in [0.2, 0.25) is 0 Å². The van der Waals surface area contributed by atoms with Gasteiger partial charge in [0.2, 0.25) is 0 Å². The van der Waals surface area contributed by atoms with E-state index in [9.17, 15) is 15.3 Å². The third-order valence-electron chi connectivity index (χ3n) is 5.25. The van der Waals surface area contributed by atoms with Crippen molar-refractivity contribution in [1.29, 1.82) is 0 Å². The van der Waals surface area contributed by atoms with Gasteiger partial charge < -0.3 is 24.8 Å². The molecule has 1 heterocycles. The van der Waals surface area contributed by atoms with Crippen molar-refractivity contribution in [3.05, 3.63) is 0 Å². The summed E-state index contributed by atoms with van der Waals surface area (Å²) in [7, 11) is 0. The second-order valence-electron chi connectivity index (χ2n) is 8.93. The minimum absolute atomic E-state index is 0.206. The fraction of sp³-hybridized carbons (Fsp3) is 1.00. The Morgan fingerprint density at radius 2 is 1.35 bits per heavy atom. The van der Waals surface area contributed by atoms with Gasteiger partial charge in [0.15, 0.2) is 6.29 Å². The Hall–Kier alpha value is -0.200. The third-order valence-corrected chi connectivity index (χ3v) is 5.25. The Balaban J connectivity index is 1.91. The van der Waals surface area contributed by atoms with Crippen LogP contribution in [0.15, 0.2) is 0 Å². The van der Waals surface area contributed by atoms with Gasteiger partial charge in [-0.15, -0.1) is 0 Å². The number of unbranched alkanes of at least 4 members (excludes halogenated alkanes) is 8. The normalized spacial score (nSPS) is 26.5. The molecule has 26 heavy (non-hydrogen) atoms. The highest BCUT2D eigenvalue weighted by molar-refractivity contribution is 4.86. The lowest BCUT2D eigenvalue weighted by molar-refractivity contribution is -0.169. The molecule has 1 saturated heterocycles. The van der Waals surface area contributed by atoms with Gasteiger partial charge in [0.05, 0.1) is 19.3 Å². The molecular weight excluding hydrogens is 332 g/mol. The number of hydrogen-bond donors (Lipinski definition) is 3. The molecule has 5 nitrogen and oxygen atoms in total. The quantitative estimate of drug-likeness (QED) is 0.405. The van der Waals surface area contributed by atoms with Gasteiger partial charge in [-0.1, -0.05) is 72.1 Å². The van der Waals surface area contributed by atoms with E-state index in [1.54, 1.807) is 0 Å². The maximum absolute atomic E-state index is 10.0. The van der Waals surface area contributed by atoms with E-state index in [1.807, 2.05) is 0 Å². The van der Waals surface area contributed by atoms with Crippen LogP contribution in [0.5, 0.6) is 0 Å². The van der Waals surface area contributed by atoms with Crippen LogP contribution in [-0.2, 0) is 9.47 Å². The van der Waals surface area contributed by atoms with Gasteiger partial charge in [-0.05, 0) is 18.3 Å². The molecule has 4 atom stereocenters. The fourth-order valence-corrected chi connectivity index (χ4v) is 3.51. The molecule has 0 aliphatic carbocycles. The van der Waals surface area contributed by atoms with E-state index in [4.69, 9.17) is 9.47 Å². The molecule has 156 valence electrons. The molecular formula is C21H42O5. The Kier molecular flexibility index (Phi) is 12.0. The van der Waals surface area contributed by atoms with Gasteiger partial charge in [-0.2, -0.15) is 0 Å². The number of aliphatic hydroxyl groups is 3. The largest absolute Gasteiger partial charge is 0.396 e. The van der Waals surface area contributed by atoms with Gasteiger partial charge >= 0.3 is 0 Å². The first-order valence-corrected chi connectivity index (χ1v) is 10.6. The third kappa shape index (κ3) is 9.65. The summed E-state index contributed by atoms with van der Waals surface area (Å²) in [4.78, 5) is 0. The summed E-state index contributed by atoms with van der Waals surface area (Å²) < 4.78 is 11.0. The van der Waals surface area contributed by atoms with E-state index in [0.29, 0.717) is 12.0 Å². The van der Waals surface area contributed by atoms with Crippen LogP contribution in [0.1, 0.15) is 85.0 Å². The molecule has 1 rings (SSSR count). The summed E-state index contributed by atoms with van der Waals surface area (Å²) in [6.45, 7) is 7.07. The highest BCUT2D eigenvalue weighted by atomic mass is 16.7. The Bertz CT molecular complexity index is 342. The molecule has 0 saturated carbocycles. The van der Waals surface area contributed by atoms with Crippen molar-refractivity contribution in [1.82, 2.24) is 0 Å². The zero-order valence-corrected chi connectivity index (χ0v) is 17.2. The molecule has 0 aromatic carbocycles. The highest BCUT2D eigenvalue weighted by Crippen LogP contribution is 2.27. The molecule has 3 N–H and O–H groups in total. The summed E-state index contributed by atoms with van der Waals surface area (Å²) in [5.74, 6) is -0.464. The minimum atomic E-state index is -0.865. The topological polar surface area (TPSA) is 79.2 Å². The van der Waals surface area contributed by atoms with Crippen LogP contribution in [0.4, 0.5) is 0 Å². The molecule has 0 amide bonds. The lowest BCUT2D eigenvalue weighted by Gasteiger charge is -2.17. The predicted molar refractivity (Wildman–Crippen MR) is 104 cm³/mol. The minimum Gasteiger partial charge on any atom is -0.396 e. The molecule has 1 aliphatic heterocycles. The van der Waals surface area contributed by atoms with Crippen molar-refractivity contribution in [2.45, 2.75) is 103 Å². The first-order valence-electron chi connectivity index (χ1n) is 10.6. The second kappa shape index (κ2) is 13.1. The molecule has 1 fully saturated rings. The molecule has 0 spiro atoms. The maximum Gasteiger partial charge on any atom is 0.184 e. The summed E-state index contributed by atoms with van der Waals surface area (Å²) in [6, 6.07) is 0. The van der Waals surface area contributed by atoms with Gasteiger partial charge in [0.25, 0.3) is 0 Å². The molecule has 0 aromatic heterocycles. The lowest BCUT2D eigenvalue weighted by Crippen LogP contribution is -2.32. The summed E-state index contributed by atoms with van der Waals surface area (Å²) in [5.41, 5.74) is 0.472. The van der Waals surface area contributed by atoms with Crippen molar-refractivity contribution in [2.24, 2.45) is 11.3 Å². The summed E-state index contributed by atoms with van der Waals surface area (Å²) in [5, 5.41) is 28.5. The van der Waals surface area contributed by atoms with Gasteiger partial charge in [0, 0.05) is 12.5 Å². The van der Waals surface area contributed by atoms with Crippen molar-refractivity contribution >= 4 is 0 Å². The van der Waals surface area contributed by atoms with Crippen LogP contribution < -0.4 is 0 Å². The Labute approximate surface area is 160 Å². The van der Waals surface area contributed by atoms with E-state index in [0.717, 1.165) is 12.8 Å². The number of ether oxygens (including phenoxy) is 2. The summed E-state index contributed by atoms with van der Waals surface area (Å²) >= 11 is 0. The number of aliphatic hydroxyl groups excluding tert-OH is 3. The fourth-order valence-electron chi connectivity index (χ4n) is 3.51. The smallest absolute Gasteiger partial charge is 0.184 e. The molecule has 1 aliphatic rings. The Morgan fingerprint density at radius 3 is 1.81 bits per heavy atom. The Morgan fingerprint density at radius 1 is 0.808 bits per heavy atom. The van der Waals surface area contributed by atoms with E-state index >= 15 is 0 Å². The van der Waals surface area contributed by atoms with Crippen LogP contribution in [-0.4, -0.2) is 53.6 Å². The zero-order valence-electron chi connectivity index (χ0n) is 17.2. The zero-order chi connectivity index (χ0) is 19.4. The summed E-state index contributed by atoms with van der Waals surface area (Å²) in [6.07, 6.45) is 10.5. The van der Waals surface area contributed by atoms with E-state index in [1.165, 1.54) is 51.4 Å². The average Bonchev–Trinajstić information content (AvgIpc) is 2.90. The average molecular weight is 375 g/mol. The second-order valence-corrected chi connectivity index (χ2v) is 8.93. The van der Waals surface area contributed by atoms with Crippen molar-refractivity contribution < 1.29 is 24.8 Å². The monoisotopic (exact) mass is 374 g/mol. The van der Waals surface area contributed by atoms with Crippen molar-refractivity contribution in [3.8, 4) is 0 Å². The van der Waals surface area contributed by atoms with Crippen molar-refractivity contribution in [2.75, 3.05) is 19.8 Å². The van der Waals surface area contributed by atoms with Gasteiger partial charge in [0.1, 0.15) is 6.10 Å². The van der Waals surface area contributed by atoms with Crippen LogP contribution in [0.25, 0.3) is 0 Å². The van der Waals surface area contributed by atoms with Gasteiger partial charge in [-0.25, -0.2) is 0 Å². The van der Waals surface area contributed by atoms with Crippen LogP contribution in [0, 0.1) is 11.3 Å². The number of rotatable bonds is 14. The molecule has 0 bridgehead atoms. The van der Waals surface area contributed by atoms with E-state index < -0.39 is 24.4 Å². The lowest BCUT2D eigenvalue weighted by atomic mass is 9.89. The van der Waals surface area contributed by atoms with E-state index in [2.05, 4.69) is 20.8 Å².